The minimum atomic E-state index is -0.133. The minimum absolute atomic E-state index is 0.133. The van der Waals surface area contributed by atoms with Crippen LogP contribution in [0, 0.1) is 0 Å². The lowest BCUT2D eigenvalue weighted by atomic mass is 10.2. The fraction of sp³-hybridized carbons (Fsp3) is 0.556. The largest absolute Gasteiger partial charge is 0.353 e. The fourth-order valence-electron chi connectivity index (χ4n) is 1.72. The lowest BCUT2D eigenvalue weighted by Gasteiger charge is -2.32. The molecule has 2 N–H and O–H groups in total. The highest BCUT2D eigenvalue weighted by Crippen LogP contribution is 2.19. The Morgan fingerprint density at radius 2 is 2.47 bits per heavy atom. The molecule has 0 spiro atoms. The van der Waals surface area contributed by atoms with Crippen molar-refractivity contribution in [2.75, 3.05) is 24.5 Å². The molecule has 1 unspecified atom stereocenters. The summed E-state index contributed by atoms with van der Waals surface area (Å²) in [7, 11) is 0. The fourth-order valence-corrected chi connectivity index (χ4v) is 2.19. The van der Waals surface area contributed by atoms with Crippen molar-refractivity contribution in [1.82, 2.24) is 15.3 Å². The topological polar surface area (TPSA) is 61.0 Å². The van der Waals surface area contributed by atoms with Gasteiger partial charge in [-0.15, -0.1) is 0 Å². The van der Waals surface area contributed by atoms with E-state index in [0.717, 1.165) is 25.5 Å². The number of hydrogen-bond donors (Lipinski definition) is 2. The average Bonchev–Trinajstić information content (AvgIpc) is 2.22. The molecule has 1 atom stereocenters. The Balaban J connectivity index is 2.28. The summed E-state index contributed by atoms with van der Waals surface area (Å²) in [6.07, 6.45) is 1.44. The van der Waals surface area contributed by atoms with Crippen LogP contribution in [0.2, 0.25) is 0 Å². The number of piperazine rings is 1. The van der Waals surface area contributed by atoms with Crippen molar-refractivity contribution in [2.45, 2.75) is 13.0 Å². The van der Waals surface area contributed by atoms with E-state index in [0.29, 0.717) is 10.5 Å². The molecule has 1 aliphatic rings. The smallest absolute Gasteiger partial charge is 0.267 e. The van der Waals surface area contributed by atoms with Crippen molar-refractivity contribution in [3.63, 3.8) is 0 Å². The molecule has 0 aliphatic carbocycles. The van der Waals surface area contributed by atoms with Crippen LogP contribution >= 0.6 is 15.9 Å². The van der Waals surface area contributed by atoms with Crippen molar-refractivity contribution >= 4 is 21.7 Å². The van der Waals surface area contributed by atoms with E-state index in [1.807, 2.05) is 0 Å². The summed E-state index contributed by atoms with van der Waals surface area (Å²) >= 11 is 3.27. The van der Waals surface area contributed by atoms with E-state index in [-0.39, 0.29) is 5.56 Å². The van der Waals surface area contributed by atoms with Crippen LogP contribution in [0.5, 0.6) is 0 Å². The lowest BCUT2D eigenvalue weighted by Crippen LogP contribution is -2.49. The summed E-state index contributed by atoms with van der Waals surface area (Å²) in [5.41, 5.74) is -0.133. The summed E-state index contributed by atoms with van der Waals surface area (Å²) in [5.74, 6) is 0.729. The number of nitrogens with one attached hydrogen (secondary N) is 2. The average molecular weight is 273 g/mol. The molecule has 6 heteroatoms. The molecule has 15 heavy (non-hydrogen) atoms. The molecule has 0 aromatic carbocycles. The van der Waals surface area contributed by atoms with Gasteiger partial charge in [0.05, 0.1) is 6.33 Å². The van der Waals surface area contributed by atoms with Crippen LogP contribution in [0.15, 0.2) is 15.6 Å². The predicted molar refractivity (Wildman–Crippen MR) is 62.2 cm³/mol. The number of aromatic nitrogens is 2. The van der Waals surface area contributed by atoms with Crippen molar-refractivity contribution in [2.24, 2.45) is 0 Å². The molecule has 1 fully saturated rings. The second kappa shape index (κ2) is 4.32. The van der Waals surface area contributed by atoms with E-state index in [9.17, 15) is 4.79 Å². The van der Waals surface area contributed by atoms with Crippen LogP contribution in [0.25, 0.3) is 0 Å². The molecular weight excluding hydrogens is 260 g/mol. The van der Waals surface area contributed by atoms with Crippen LogP contribution in [0.4, 0.5) is 5.82 Å². The first kappa shape index (κ1) is 10.6. The maximum absolute atomic E-state index is 11.4. The Bertz CT molecular complexity index is 405. The van der Waals surface area contributed by atoms with Crippen molar-refractivity contribution in [3.8, 4) is 0 Å². The van der Waals surface area contributed by atoms with Gasteiger partial charge in [0.25, 0.3) is 5.56 Å². The predicted octanol–water partition coefficient (Wildman–Crippen LogP) is 0.331. The first-order valence-corrected chi connectivity index (χ1v) is 5.69. The summed E-state index contributed by atoms with van der Waals surface area (Å²) < 4.78 is 0.513. The standard InChI is InChI=1S/C9H13BrN4O/c1-6-4-14(3-2-11-6)8-7(10)9(15)13-5-12-8/h5-6,11H,2-4H2,1H3,(H,12,13,15). The van der Waals surface area contributed by atoms with E-state index in [1.165, 1.54) is 6.33 Å². The highest BCUT2D eigenvalue weighted by Gasteiger charge is 2.19. The van der Waals surface area contributed by atoms with E-state index in [1.54, 1.807) is 0 Å². The number of aromatic amines is 1. The summed E-state index contributed by atoms with van der Waals surface area (Å²) in [5, 5.41) is 3.35. The molecule has 1 aromatic heterocycles. The molecule has 2 heterocycles. The number of halogens is 1. The second-order valence-electron chi connectivity index (χ2n) is 3.67. The summed E-state index contributed by atoms with van der Waals surface area (Å²) in [4.78, 5) is 20.2. The van der Waals surface area contributed by atoms with E-state index in [2.05, 4.69) is 43.0 Å². The molecule has 82 valence electrons. The van der Waals surface area contributed by atoms with Gasteiger partial charge in [0.1, 0.15) is 10.3 Å². The Kier molecular flexibility index (Phi) is 3.06. The first-order chi connectivity index (χ1) is 7.18. The van der Waals surface area contributed by atoms with E-state index in [4.69, 9.17) is 0 Å². The van der Waals surface area contributed by atoms with E-state index < -0.39 is 0 Å². The van der Waals surface area contributed by atoms with Gasteiger partial charge in [0, 0.05) is 25.7 Å². The van der Waals surface area contributed by atoms with Crippen molar-refractivity contribution in [3.05, 3.63) is 21.2 Å². The zero-order valence-electron chi connectivity index (χ0n) is 8.46. The van der Waals surface area contributed by atoms with Gasteiger partial charge >= 0.3 is 0 Å². The number of nitrogens with zero attached hydrogens (tertiary/aromatic N) is 2. The maximum Gasteiger partial charge on any atom is 0.267 e. The number of H-pyrrole nitrogens is 1. The van der Waals surface area contributed by atoms with Crippen LogP contribution in [-0.4, -0.2) is 35.6 Å². The van der Waals surface area contributed by atoms with Gasteiger partial charge < -0.3 is 15.2 Å². The van der Waals surface area contributed by atoms with Crippen LogP contribution < -0.4 is 15.8 Å². The molecule has 0 bridgehead atoms. The molecular formula is C9H13BrN4O. The van der Waals surface area contributed by atoms with Gasteiger partial charge in [-0.05, 0) is 22.9 Å². The Morgan fingerprint density at radius 1 is 1.67 bits per heavy atom. The number of hydrogen-bond acceptors (Lipinski definition) is 4. The Labute approximate surface area is 96.0 Å². The van der Waals surface area contributed by atoms with Gasteiger partial charge in [0.2, 0.25) is 0 Å². The zero-order chi connectivity index (χ0) is 10.8. The minimum Gasteiger partial charge on any atom is -0.353 e. The molecule has 0 amide bonds. The van der Waals surface area contributed by atoms with Crippen molar-refractivity contribution < 1.29 is 0 Å². The quantitative estimate of drug-likeness (QED) is 0.774. The third-order valence-electron chi connectivity index (χ3n) is 2.45. The normalized spacial score (nSPS) is 21.7. The van der Waals surface area contributed by atoms with Gasteiger partial charge in [0.15, 0.2) is 0 Å². The monoisotopic (exact) mass is 272 g/mol. The molecule has 1 saturated heterocycles. The van der Waals surface area contributed by atoms with Crippen LogP contribution in [-0.2, 0) is 0 Å². The molecule has 1 aliphatic heterocycles. The number of rotatable bonds is 1. The highest BCUT2D eigenvalue weighted by molar-refractivity contribution is 9.10. The third-order valence-corrected chi connectivity index (χ3v) is 3.16. The summed E-state index contributed by atoms with van der Waals surface area (Å²) in [6.45, 7) is 4.78. The molecule has 2 rings (SSSR count). The molecule has 5 nitrogen and oxygen atoms in total. The molecule has 0 saturated carbocycles. The van der Waals surface area contributed by atoms with Gasteiger partial charge in [-0.25, -0.2) is 4.98 Å². The third kappa shape index (κ3) is 2.21. The van der Waals surface area contributed by atoms with Gasteiger partial charge in [-0.1, -0.05) is 0 Å². The van der Waals surface area contributed by atoms with Gasteiger partial charge in [-0.2, -0.15) is 0 Å². The second-order valence-corrected chi connectivity index (χ2v) is 4.46. The van der Waals surface area contributed by atoms with Crippen LogP contribution in [0.3, 0.4) is 0 Å². The van der Waals surface area contributed by atoms with Gasteiger partial charge in [-0.3, -0.25) is 4.79 Å². The summed E-state index contributed by atoms with van der Waals surface area (Å²) in [6, 6.07) is 0.423. The zero-order valence-corrected chi connectivity index (χ0v) is 10.0. The van der Waals surface area contributed by atoms with Crippen molar-refractivity contribution in [1.29, 1.82) is 0 Å². The molecule has 1 aromatic rings. The van der Waals surface area contributed by atoms with Crippen LogP contribution in [0.1, 0.15) is 6.92 Å². The Morgan fingerprint density at radius 3 is 3.20 bits per heavy atom. The van der Waals surface area contributed by atoms with E-state index >= 15 is 0 Å². The first-order valence-electron chi connectivity index (χ1n) is 4.90. The highest BCUT2D eigenvalue weighted by atomic mass is 79.9. The number of anilines is 1. The SMILES string of the molecule is CC1CN(c2nc[nH]c(=O)c2Br)CCN1. The molecule has 0 radical (unpaired) electrons. The Hall–Kier alpha value is -0.880. The lowest BCUT2D eigenvalue weighted by molar-refractivity contribution is 0.481. The maximum atomic E-state index is 11.4.